The smallest absolute Gasteiger partial charge is 0.278 e. The Morgan fingerprint density at radius 2 is 2.04 bits per heavy atom. The largest absolute Gasteiger partial charge is 0.356 e. The molecule has 2 fully saturated rings. The van der Waals surface area contributed by atoms with Crippen LogP contribution in [0.1, 0.15) is 42.5 Å². The first-order valence-electron chi connectivity index (χ1n) is 9.03. The molecule has 1 aromatic heterocycles. The first kappa shape index (κ1) is 16.3. The number of rotatable bonds is 4. The van der Waals surface area contributed by atoms with Crippen LogP contribution in [-0.2, 0) is 9.57 Å². The van der Waals surface area contributed by atoms with E-state index in [1.54, 1.807) is 0 Å². The highest BCUT2D eigenvalue weighted by molar-refractivity contribution is 6.02. The summed E-state index contributed by atoms with van der Waals surface area (Å²) in [7, 11) is 0. The fourth-order valence-corrected chi connectivity index (χ4v) is 3.42. The van der Waals surface area contributed by atoms with Crippen LogP contribution in [0.3, 0.4) is 0 Å². The molecule has 1 amide bonds. The van der Waals surface area contributed by atoms with Crippen LogP contribution in [0.25, 0.3) is 10.9 Å². The van der Waals surface area contributed by atoms with Crippen LogP contribution in [0.4, 0.5) is 5.82 Å². The highest BCUT2D eigenvalue weighted by Gasteiger charge is 2.23. The van der Waals surface area contributed by atoms with Crippen molar-refractivity contribution >= 4 is 22.6 Å². The number of pyridine rings is 1. The molecule has 25 heavy (non-hydrogen) atoms. The van der Waals surface area contributed by atoms with E-state index in [4.69, 9.17) is 14.6 Å². The number of hydroxylamine groups is 1. The summed E-state index contributed by atoms with van der Waals surface area (Å²) in [5.74, 6) is 0.469. The Bertz CT molecular complexity index is 753. The number of hydrogen-bond donors (Lipinski definition) is 1. The number of fused-ring (bicyclic) bond motifs is 1. The summed E-state index contributed by atoms with van der Waals surface area (Å²) < 4.78 is 5.50. The van der Waals surface area contributed by atoms with Gasteiger partial charge in [0.05, 0.1) is 11.1 Å². The molecule has 0 saturated carbocycles. The average Bonchev–Trinajstić information content (AvgIpc) is 3.20. The predicted molar refractivity (Wildman–Crippen MR) is 95.3 cm³/mol. The van der Waals surface area contributed by atoms with Crippen LogP contribution < -0.4 is 10.4 Å². The second-order valence-corrected chi connectivity index (χ2v) is 6.59. The minimum absolute atomic E-state index is 0.269. The molecule has 0 aliphatic carbocycles. The number of aromatic nitrogens is 1. The summed E-state index contributed by atoms with van der Waals surface area (Å²) in [6.45, 7) is 2.54. The fourth-order valence-electron chi connectivity index (χ4n) is 3.42. The lowest BCUT2D eigenvalue weighted by Gasteiger charge is -2.23. The molecule has 6 nitrogen and oxygen atoms in total. The van der Waals surface area contributed by atoms with Gasteiger partial charge in [-0.3, -0.25) is 4.79 Å². The van der Waals surface area contributed by atoms with E-state index >= 15 is 0 Å². The molecule has 3 heterocycles. The molecule has 0 bridgehead atoms. The van der Waals surface area contributed by atoms with Crippen molar-refractivity contribution in [2.75, 3.05) is 24.6 Å². The SMILES string of the molecule is O=C(NO[C@H]1CCCCO1)c1cc2ccccc2nc1N1CCCC1. The lowest BCUT2D eigenvalue weighted by atomic mass is 10.1. The zero-order valence-corrected chi connectivity index (χ0v) is 14.2. The summed E-state index contributed by atoms with van der Waals surface area (Å²) in [6, 6.07) is 9.76. The lowest BCUT2D eigenvalue weighted by Crippen LogP contribution is -2.34. The summed E-state index contributed by atoms with van der Waals surface area (Å²) in [4.78, 5) is 25.1. The van der Waals surface area contributed by atoms with E-state index in [-0.39, 0.29) is 12.2 Å². The average molecular weight is 341 g/mol. The van der Waals surface area contributed by atoms with Crippen molar-refractivity contribution in [2.24, 2.45) is 0 Å². The van der Waals surface area contributed by atoms with Gasteiger partial charge >= 0.3 is 0 Å². The molecule has 0 unspecified atom stereocenters. The molecule has 4 rings (SSSR count). The maximum atomic E-state index is 12.8. The number of para-hydroxylation sites is 1. The van der Waals surface area contributed by atoms with Crippen LogP contribution in [-0.4, -0.2) is 36.9 Å². The molecule has 2 aliphatic rings. The second kappa shape index (κ2) is 7.37. The Morgan fingerprint density at radius 3 is 2.84 bits per heavy atom. The van der Waals surface area contributed by atoms with E-state index in [0.29, 0.717) is 12.2 Å². The molecule has 0 radical (unpaired) electrons. The van der Waals surface area contributed by atoms with E-state index in [0.717, 1.165) is 61.9 Å². The standard InChI is InChI=1S/C19H23N3O3/c23-19(21-25-17-9-3-6-12-24-17)15-13-14-7-1-2-8-16(14)20-18(15)22-10-4-5-11-22/h1-2,7-8,13,17H,3-6,9-12H2,(H,21,23)/t17-/m0/s1. The second-order valence-electron chi connectivity index (χ2n) is 6.59. The zero-order chi connectivity index (χ0) is 17.1. The number of nitrogens with one attached hydrogen (secondary N) is 1. The Kier molecular flexibility index (Phi) is 4.81. The summed E-state index contributed by atoms with van der Waals surface area (Å²) >= 11 is 0. The van der Waals surface area contributed by atoms with Gasteiger partial charge in [0, 0.05) is 31.5 Å². The van der Waals surface area contributed by atoms with Crippen molar-refractivity contribution in [3.05, 3.63) is 35.9 Å². The third-order valence-corrected chi connectivity index (χ3v) is 4.78. The van der Waals surface area contributed by atoms with E-state index in [2.05, 4.69) is 10.4 Å². The highest BCUT2D eigenvalue weighted by Crippen LogP contribution is 2.26. The Balaban J connectivity index is 1.59. The van der Waals surface area contributed by atoms with Gasteiger partial charge in [0.15, 0.2) is 6.29 Å². The fraction of sp³-hybridized carbons (Fsp3) is 0.474. The quantitative estimate of drug-likeness (QED) is 0.866. The first-order chi connectivity index (χ1) is 12.3. The van der Waals surface area contributed by atoms with Crippen molar-refractivity contribution < 1.29 is 14.4 Å². The van der Waals surface area contributed by atoms with Gasteiger partial charge in [-0.2, -0.15) is 0 Å². The monoisotopic (exact) mass is 341 g/mol. The number of hydrogen-bond acceptors (Lipinski definition) is 5. The molecule has 1 N–H and O–H groups in total. The molecular formula is C19H23N3O3. The van der Waals surface area contributed by atoms with E-state index in [9.17, 15) is 4.79 Å². The summed E-state index contributed by atoms with van der Waals surface area (Å²) in [5, 5.41) is 0.949. The predicted octanol–water partition coefficient (Wildman–Crippen LogP) is 3.02. The van der Waals surface area contributed by atoms with Gasteiger partial charge in [0.2, 0.25) is 0 Å². The van der Waals surface area contributed by atoms with Crippen molar-refractivity contribution in [1.82, 2.24) is 10.5 Å². The van der Waals surface area contributed by atoms with Gasteiger partial charge in [-0.05, 0) is 37.8 Å². The Morgan fingerprint density at radius 1 is 1.20 bits per heavy atom. The first-order valence-corrected chi connectivity index (χ1v) is 9.03. The van der Waals surface area contributed by atoms with Gasteiger partial charge in [-0.1, -0.05) is 18.2 Å². The maximum Gasteiger partial charge on any atom is 0.278 e. The molecule has 2 aliphatic heterocycles. The molecule has 1 aromatic carbocycles. The van der Waals surface area contributed by atoms with Crippen LogP contribution in [0, 0.1) is 0 Å². The van der Waals surface area contributed by atoms with Crippen molar-refractivity contribution in [3.8, 4) is 0 Å². The van der Waals surface area contributed by atoms with E-state index in [1.165, 1.54) is 0 Å². The molecule has 132 valence electrons. The van der Waals surface area contributed by atoms with Crippen LogP contribution in [0.5, 0.6) is 0 Å². The number of carbonyl (C=O) groups is 1. The van der Waals surface area contributed by atoms with Gasteiger partial charge in [-0.15, -0.1) is 0 Å². The molecule has 2 aromatic rings. The number of carbonyl (C=O) groups excluding carboxylic acids is 1. The molecule has 0 spiro atoms. The van der Waals surface area contributed by atoms with Crippen molar-refractivity contribution in [2.45, 2.75) is 38.4 Å². The van der Waals surface area contributed by atoms with Crippen LogP contribution in [0.2, 0.25) is 0 Å². The third kappa shape index (κ3) is 3.60. The number of benzene rings is 1. The Hall–Kier alpha value is -2.18. The molecule has 2 saturated heterocycles. The van der Waals surface area contributed by atoms with Gasteiger partial charge in [0.1, 0.15) is 5.82 Å². The van der Waals surface area contributed by atoms with Crippen molar-refractivity contribution in [3.63, 3.8) is 0 Å². The Labute approximate surface area is 147 Å². The number of amides is 1. The molecular weight excluding hydrogens is 318 g/mol. The number of nitrogens with zero attached hydrogens (tertiary/aromatic N) is 2. The summed E-state index contributed by atoms with van der Waals surface area (Å²) in [6.07, 6.45) is 4.79. The lowest BCUT2D eigenvalue weighted by molar-refractivity contribution is -0.186. The van der Waals surface area contributed by atoms with Crippen LogP contribution in [0.15, 0.2) is 30.3 Å². The highest BCUT2D eigenvalue weighted by atomic mass is 16.8. The number of anilines is 1. The van der Waals surface area contributed by atoms with Gasteiger partial charge < -0.3 is 9.64 Å². The van der Waals surface area contributed by atoms with Crippen molar-refractivity contribution in [1.29, 1.82) is 0 Å². The van der Waals surface area contributed by atoms with E-state index in [1.807, 2.05) is 30.3 Å². The zero-order valence-electron chi connectivity index (χ0n) is 14.2. The maximum absolute atomic E-state index is 12.8. The topological polar surface area (TPSA) is 63.7 Å². The normalized spacial score (nSPS) is 20.8. The molecule has 1 atom stereocenters. The minimum atomic E-state index is -0.360. The van der Waals surface area contributed by atoms with Gasteiger partial charge in [-0.25, -0.2) is 15.3 Å². The van der Waals surface area contributed by atoms with Crippen LogP contribution >= 0.6 is 0 Å². The number of ether oxygens (including phenoxy) is 1. The molecule has 6 heteroatoms. The minimum Gasteiger partial charge on any atom is -0.356 e. The third-order valence-electron chi connectivity index (χ3n) is 4.78. The van der Waals surface area contributed by atoms with E-state index < -0.39 is 0 Å². The van der Waals surface area contributed by atoms with Gasteiger partial charge in [0.25, 0.3) is 5.91 Å². The summed E-state index contributed by atoms with van der Waals surface area (Å²) in [5.41, 5.74) is 4.02.